The maximum Gasteiger partial charge on any atom is 0.200 e. The predicted octanol–water partition coefficient (Wildman–Crippen LogP) is 2.65. The van der Waals surface area contributed by atoms with Gasteiger partial charge in [-0.25, -0.2) is 4.98 Å². The molecule has 3 nitrogen and oxygen atoms in total. The van der Waals surface area contributed by atoms with Gasteiger partial charge in [-0.05, 0) is 28.9 Å². The summed E-state index contributed by atoms with van der Waals surface area (Å²) in [5.74, 6) is 0.576. The molecule has 0 atom stereocenters. The van der Waals surface area contributed by atoms with Gasteiger partial charge in [0.2, 0.25) is 5.95 Å². The molecule has 2 heterocycles. The highest BCUT2D eigenvalue weighted by Gasteiger charge is 2.05. The molecule has 0 fully saturated rings. The number of rotatable bonds is 2. The number of thiophene rings is 1. The van der Waals surface area contributed by atoms with Crippen LogP contribution in [0.5, 0.6) is 0 Å². The first kappa shape index (κ1) is 9.73. The van der Waals surface area contributed by atoms with Gasteiger partial charge in [-0.2, -0.15) is 0 Å². The number of hydrogen-bond acceptors (Lipinski definition) is 3. The van der Waals surface area contributed by atoms with E-state index in [1.54, 1.807) is 17.5 Å². The van der Waals surface area contributed by atoms with Crippen LogP contribution in [0.3, 0.4) is 0 Å². The zero-order valence-electron chi connectivity index (χ0n) is 7.70. The Bertz CT molecular complexity index is 427. The van der Waals surface area contributed by atoms with E-state index >= 15 is 0 Å². The van der Waals surface area contributed by atoms with Crippen LogP contribution in [-0.2, 0) is 6.54 Å². The number of halogens is 1. The summed E-state index contributed by atoms with van der Waals surface area (Å²) in [6, 6.07) is 2.10. The van der Waals surface area contributed by atoms with Crippen LogP contribution in [0.2, 0.25) is 0 Å². The molecule has 2 N–H and O–H groups in total. The minimum Gasteiger partial charge on any atom is -0.369 e. The number of nitrogens with two attached hydrogens (primary N) is 1. The van der Waals surface area contributed by atoms with E-state index in [1.807, 2.05) is 11.5 Å². The highest BCUT2D eigenvalue weighted by atomic mass is 79.9. The number of imidazole rings is 1. The molecule has 2 aromatic heterocycles. The van der Waals surface area contributed by atoms with Crippen molar-refractivity contribution >= 4 is 33.2 Å². The van der Waals surface area contributed by atoms with Crippen molar-refractivity contribution in [2.75, 3.05) is 5.73 Å². The summed E-state index contributed by atoms with van der Waals surface area (Å²) in [6.07, 6.45) is 1.79. The third kappa shape index (κ3) is 1.83. The van der Waals surface area contributed by atoms with Crippen LogP contribution in [0.1, 0.15) is 10.6 Å². The Kier molecular flexibility index (Phi) is 2.60. The monoisotopic (exact) mass is 271 g/mol. The lowest BCUT2D eigenvalue weighted by atomic mass is 10.4. The molecule has 0 amide bonds. The second kappa shape index (κ2) is 3.74. The van der Waals surface area contributed by atoms with Crippen LogP contribution in [0, 0.1) is 6.92 Å². The van der Waals surface area contributed by atoms with E-state index in [2.05, 4.69) is 32.4 Å². The molecule has 74 valence electrons. The second-order valence-corrected chi connectivity index (χ2v) is 4.99. The van der Waals surface area contributed by atoms with Gasteiger partial charge < -0.3 is 10.3 Å². The fourth-order valence-corrected chi connectivity index (χ4v) is 2.72. The van der Waals surface area contributed by atoms with Crippen molar-refractivity contribution in [3.8, 4) is 0 Å². The summed E-state index contributed by atoms with van der Waals surface area (Å²) in [6.45, 7) is 2.81. The zero-order chi connectivity index (χ0) is 10.1. The molecule has 0 saturated carbocycles. The molecule has 14 heavy (non-hydrogen) atoms. The van der Waals surface area contributed by atoms with Gasteiger partial charge >= 0.3 is 0 Å². The number of aryl methyl sites for hydroxylation is 1. The van der Waals surface area contributed by atoms with Gasteiger partial charge in [-0.15, -0.1) is 11.3 Å². The summed E-state index contributed by atoms with van der Waals surface area (Å²) >= 11 is 5.14. The molecular formula is C9H10BrN3S. The normalized spacial score (nSPS) is 10.7. The number of anilines is 1. The Morgan fingerprint density at radius 3 is 2.93 bits per heavy atom. The van der Waals surface area contributed by atoms with Crippen molar-refractivity contribution in [1.29, 1.82) is 0 Å². The molecule has 0 saturated heterocycles. The highest BCUT2D eigenvalue weighted by molar-refractivity contribution is 9.10. The average molecular weight is 272 g/mol. The molecule has 0 spiro atoms. The lowest BCUT2D eigenvalue weighted by Gasteiger charge is -2.04. The Balaban J connectivity index is 2.26. The molecule has 2 rings (SSSR count). The van der Waals surface area contributed by atoms with Crippen LogP contribution in [0.15, 0.2) is 22.1 Å². The summed E-state index contributed by atoms with van der Waals surface area (Å²) in [5.41, 5.74) is 6.83. The van der Waals surface area contributed by atoms with E-state index in [4.69, 9.17) is 5.73 Å². The largest absolute Gasteiger partial charge is 0.369 e. The van der Waals surface area contributed by atoms with Crippen LogP contribution in [0.25, 0.3) is 0 Å². The average Bonchev–Trinajstić information content (AvgIpc) is 2.67. The minimum atomic E-state index is 0.576. The van der Waals surface area contributed by atoms with E-state index < -0.39 is 0 Å². The number of aromatic nitrogens is 2. The van der Waals surface area contributed by atoms with Gasteiger partial charge in [0.1, 0.15) is 0 Å². The number of nitrogens with zero attached hydrogens (tertiary/aromatic N) is 2. The van der Waals surface area contributed by atoms with Crippen molar-refractivity contribution in [2.45, 2.75) is 13.5 Å². The highest BCUT2D eigenvalue weighted by Crippen LogP contribution is 2.21. The molecule has 0 aliphatic carbocycles. The van der Waals surface area contributed by atoms with Gasteiger partial charge in [0.05, 0.1) is 12.7 Å². The molecule has 0 aliphatic heterocycles. The Hall–Kier alpha value is -0.810. The first-order chi connectivity index (χ1) is 6.66. The Labute approximate surface area is 94.7 Å². The van der Waals surface area contributed by atoms with Crippen LogP contribution < -0.4 is 5.73 Å². The number of hydrogen-bond donors (Lipinski definition) is 1. The van der Waals surface area contributed by atoms with E-state index in [-0.39, 0.29) is 0 Å². The quantitative estimate of drug-likeness (QED) is 0.913. The maximum absolute atomic E-state index is 5.74. The van der Waals surface area contributed by atoms with Gasteiger partial charge in [0, 0.05) is 20.4 Å². The van der Waals surface area contributed by atoms with Crippen molar-refractivity contribution < 1.29 is 0 Å². The fourth-order valence-electron chi connectivity index (χ4n) is 1.28. The maximum atomic E-state index is 5.74. The third-order valence-electron chi connectivity index (χ3n) is 2.02. The van der Waals surface area contributed by atoms with E-state index in [1.165, 1.54) is 4.88 Å². The smallest absolute Gasteiger partial charge is 0.200 e. The molecule has 0 aliphatic rings. The summed E-state index contributed by atoms with van der Waals surface area (Å²) in [7, 11) is 0. The van der Waals surface area contributed by atoms with Crippen LogP contribution in [-0.4, -0.2) is 9.55 Å². The molecule has 0 radical (unpaired) electrons. The molecule has 2 aromatic rings. The zero-order valence-corrected chi connectivity index (χ0v) is 10.1. The Morgan fingerprint density at radius 1 is 1.64 bits per heavy atom. The first-order valence-electron chi connectivity index (χ1n) is 4.17. The van der Waals surface area contributed by atoms with Crippen molar-refractivity contribution in [1.82, 2.24) is 9.55 Å². The van der Waals surface area contributed by atoms with Gasteiger partial charge in [0.15, 0.2) is 0 Å². The molecule has 0 unspecified atom stereocenters. The predicted molar refractivity (Wildman–Crippen MR) is 62.5 cm³/mol. The summed E-state index contributed by atoms with van der Waals surface area (Å²) in [5, 5.41) is 2.07. The minimum absolute atomic E-state index is 0.576. The lowest BCUT2D eigenvalue weighted by Crippen LogP contribution is -2.04. The van der Waals surface area contributed by atoms with Crippen LogP contribution >= 0.6 is 27.3 Å². The van der Waals surface area contributed by atoms with E-state index in [0.717, 1.165) is 16.7 Å². The van der Waals surface area contributed by atoms with Crippen molar-refractivity contribution in [3.05, 3.63) is 32.7 Å². The van der Waals surface area contributed by atoms with E-state index in [9.17, 15) is 0 Å². The van der Waals surface area contributed by atoms with E-state index in [0.29, 0.717) is 5.95 Å². The Morgan fingerprint density at radius 2 is 2.43 bits per heavy atom. The van der Waals surface area contributed by atoms with Crippen molar-refractivity contribution in [3.63, 3.8) is 0 Å². The standard InChI is InChI=1S/C9H10BrN3S/c1-6-3-12-9(11)13(6)4-8-2-7(10)5-14-8/h2-3,5H,4H2,1H3,(H2,11,12). The first-order valence-corrected chi connectivity index (χ1v) is 5.84. The van der Waals surface area contributed by atoms with Gasteiger partial charge in [-0.3, -0.25) is 0 Å². The third-order valence-corrected chi connectivity index (χ3v) is 3.70. The van der Waals surface area contributed by atoms with Gasteiger partial charge in [-0.1, -0.05) is 0 Å². The summed E-state index contributed by atoms with van der Waals surface area (Å²) < 4.78 is 3.12. The molecular weight excluding hydrogens is 262 g/mol. The van der Waals surface area contributed by atoms with Crippen LogP contribution in [0.4, 0.5) is 5.95 Å². The molecule has 0 bridgehead atoms. The molecule has 5 heteroatoms. The summed E-state index contributed by atoms with van der Waals surface area (Å²) in [4.78, 5) is 5.32. The second-order valence-electron chi connectivity index (χ2n) is 3.08. The number of nitrogen functional groups attached to an aromatic ring is 1. The fraction of sp³-hybridized carbons (Fsp3) is 0.222. The lowest BCUT2D eigenvalue weighted by molar-refractivity contribution is 0.794. The van der Waals surface area contributed by atoms with Gasteiger partial charge in [0.25, 0.3) is 0 Å². The SMILES string of the molecule is Cc1cnc(N)n1Cc1cc(Br)cs1. The molecule has 0 aromatic carbocycles. The van der Waals surface area contributed by atoms with Crippen molar-refractivity contribution in [2.24, 2.45) is 0 Å². The topological polar surface area (TPSA) is 43.8 Å².